The molecule has 0 spiro atoms. The van der Waals surface area contributed by atoms with E-state index in [9.17, 15) is 0 Å². The highest BCUT2D eigenvalue weighted by Crippen LogP contribution is 2.37. The maximum Gasteiger partial charge on any atom is 0.226 e. The van der Waals surface area contributed by atoms with Gasteiger partial charge in [0.15, 0.2) is 0 Å². The van der Waals surface area contributed by atoms with Crippen LogP contribution in [-0.2, 0) is 6.42 Å². The molecule has 2 heterocycles. The van der Waals surface area contributed by atoms with Gasteiger partial charge in [0.1, 0.15) is 0 Å². The second-order valence-corrected chi connectivity index (χ2v) is 8.29. The number of benzene rings is 2. The van der Waals surface area contributed by atoms with Crippen LogP contribution in [0.3, 0.4) is 0 Å². The van der Waals surface area contributed by atoms with Gasteiger partial charge in [0.25, 0.3) is 0 Å². The molecular formula is C26H28N4. The first-order chi connectivity index (χ1) is 14.8. The van der Waals surface area contributed by atoms with E-state index in [1.807, 2.05) is 0 Å². The fourth-order valence-electron chi connectivity index (χ4n) is 4.42. The highest BCUT2D eigenvalue weighted by Gasteiger charge is 2.25. The van der Waals surface area contributed by atoms with E-state index in [2.05, 4.69) is 83.6 Å². The minimum atomic E-state index is 0.876. The first kappa shape index (κ1) is 19.0. The Balaban J connectivity index is 1.64. The van der Waals surface area contributed by atoms with Crippen LogP contribution in [0.1, 0.15) is 29.7 Å². The molecule has 1 aliphatic carbocycles. The molecule has 152 valence electrons. The predicted octanol–water partition coefficient (Wildman–Crippen LogP) is 4.77. The Morgan fingerprint density at radius 1 is 0.767 bits per heavy atom. The molecule has 2 aliphatic rings. The molecule has 1 aromatic heterocycles. The van der Waals surface area contributed by atoms with Crippen LogP contribution < -0.4 is 4.90 Å². The quantitative estimate of drug-likeness (QED) is 0.638. The molecule has 3 aromatic rings. The topological polar surface area (TPSA) is 32.3 Å². The standard InChI is InChI=1S/C26H28N4/c1-29-15-17-30(18-16-29)26-27-24(21-11-6-3-7-12-21)23-14-8-13-22(25(23)28-26)19-20-9-4-2-5-10-20/h2-7,9-12,19H,8,13-18H2,1H3/b22-19+. The summed E-state index contributed by atoms with van der Waals surface area (Å²) in [7, 11) is 2.18. The fourth-order valence-corrected chi connectivity index (χ4v) is 4.42. The average Bonchev–Trinajstić information content (AvgIpc) is 2.80. The number of rotatable bonds is 3. The van der Waals surface area contributed by atoms with Gasteiger partial charge in [-0.3, -0.25) is 0 Å². The van der Waals surface area contributed by atoms with Crippen LogP contribution in [0.5, 0.6) is 0 Å². The van der Waals surface area contributed by atoms with Crippen molar-refractivity contribution >= 4 is 17.6 Å². The van der Waals surface area contributed by atoms with Gasteiger partial charge in [-0.2, -0.15) is 0 Å². The van der Waals surface area contributed by atoms with Gasteiger partial charge in [0.05, 0.1) is 11.4 Å². The maximum absolute atomic E-state index is 5.15. The lowest BCUT2D eigenvalue weighted by molar-refractivity contribution is 0.311. The molecule has 1 aliphatic heterocycles. The molecule has 0 saturated carbocycles. The van der Waals surface area contributed by atoms with E-state index in [0.717, 1.165) is 62.8 Å². The summed E-state index contributed by atoms with van der Waals surface area (Å²) in [5, 5.41) is 0. The summed E-state index contributed by atoms with van der Waals surface area (Å²) < 4.78 is 0. The highest BCUT2D eigenvalue weighted by molar-refractivity contribution is 5.85. The highest BCUT2D eigenvalue weighted by atomic mass is 15.3. The molecule has 30 heavy (non-hydrogen) atoms. The molecule has 0 amide bonds. The third kappa shape index (κ3) is 3.88. The second kappa shape index (κ2) is 8.41. The van der Waals surface area contributed by atoms with E-state index in [-0.39, 0.29) is 0 Å². The number of likely N-dealkylation sites (N-methyl/N-ethyl adjacent to an activating group) is 1. The van der Waals surface area contributed by atoms with E-state index in [0.29, 0.717) is 0 Å². The van der Waals surface area contributed by atoms with Gasteiger partial charge in [0, 0.05) is 37.3 Å². The van der Waals surface area contributed by atoms with Crippen LogP contribution in [0.15, 0.2) is 60.7 Å². The number of piperazine rings is 1. The zero-order valence-corrected chi connectivity index (χ0v) is 17.6. The van der Waals surface area contributed by atoms with Crippen molar-refractivity contribution in [1.82, 2.24) is 14.9 Å². The third-order valence-electron chi connectivity index (χ3n) is 6.15. The minimum absolute atomic E-state index is 0.876. The number of nitrogens with zero attached hydrogens (tertiary/aromatic N) is 4. The van der Waals surface area contributed by atoms with Crippen LogP contribution in [0, 0.1) is 0 Å². The number of allylic oxidation sites excluding steroid dienone is 1. The normalized spacial score (nSPS) is 18.4. The van der Waals surface area contributed by atoms with Gasteiger partial charge in [-0.25, -0.2) is 9.97 Å². The molecule has 5 rings (SSSR count). The fraction of sp³-hybridized carbons (Fsp3) is 0.308. The lowest BCUT2D eigenvalue weighted by atomic mass is 9.87. The zero-order valence-electron chi connectivity index (χ0n) is 17.6. The van der Waals surface area contributed by atoms with E-state index in [4.69, 9.17) is 9.97 Å². The van der Waals surface area contributed by atoms with Gasteiger partial charge in [-0.05, 0) is 43.5 Å². The van der Waals surface area contributed by atoms with Crippen molar-refractivity contribution in [3.8, 4) is 11.3 Å². The monoisotopic (exact) mass is 396 g/mol. The van der Waals surface area contributed by atoms with E-state index >= 15 is 0 Å². The molecule has 1 fully saturated rings. The van der Waals surface area contributed by atoms with Crippen molar-refractivity contribution in [2.45, 2.75) is 19.3 Å². The number of hydrogen-bond acceptors (Lipinski definition) is 4. The van der Waals surface area contributed by atoms with Crippen molar-refractivity contribution < 1.29 is 0 Å². The average molecular weight is 397 g/mol. The Morgan fingerprint density at radius 2 is 1.43 bits per heavy atom. The van der Waals surface area contributed by atoms with Crippen molar-refractivity contribution in [3.05, 3.63) is 77.5 Å². The Bertz CT molecular complexity index is 1040. The first-order valence-electron chi connectivity index (χ1n) is 10.9. The summed E-state index contributed by atoms with van der Waals surface area (Å²) >= 11 is 0. The lowest BCUT2D eigenvalue weighted by Gasteiger charge is -2.33. The van der Waals surface area contributed by atoms with Crippen molar-refractivity contribution in [2.75, 3.05) is 38.1 Å². The van der Waals surface area contributed by atoms with Crippen LogP contribution in [0.2, 0.25) is 0 Å². The Kier molecular flexibility index (Phi) is 5.33. The molecule has 1 saturated heterocycles. The van der Waals surface area contributed by atoms with Crippen molar-refractivity contribution in [1.29, 1.82) is 0 Å². The summed E-state index contributed by atoms with van der Waals surface area (Å²) in [6.07, 6.45) is 5.56. The van der Waals surface area contributed by atoms with Gasteiger partial charge in [0.2, 0.25) is 5.95 Å². The maximum atomic E-state index is 5.15. The summed E-state index contributed by atoms with van der Waals surface area (Å²) in [5.41, 5.74) is 7.31. The van der Waals surface area contributed by atoms with E-state index in [1.165, 1.54) is 22.3 Å². The predicted molar refractivity (Wildman–Crippen MR) is 124 cm³/mol. The number of aromatic nitrogens is 2. The molecule has 2 aromatic carbocycles. The van der Waals surface area contributed by atoms with Crippen LogP contribution in [-0.4, -0.2) is 48.1 Å². The Morgan fingerprint density at radius 3 is 2.17 bits per heavy atom. The van der Waals surface area contributed by atoms with Crippen molar-refractivity contribution in [3.63, 3.8) is 0 Å². The van der Waals surface area contributed by atoms with E-state index in [1.54, 1.807) is 0 Å². The molecule has 4 nitrogen and oxygen atoms in total. The molecule has 0 atom stereocenters. The second-order valence-electron chi connectivity index (χ2n) is 8.29. The zero-order chi connectivity index (χ0) is 20.3. The Hall–Kier alpha value is -2.98. The van der Waals surface area contributed by atoms with Gasteiger partial charge in [-0.1, -0.05) is 60.7 Å². The van der Waals surface area contributed by atoms with E-state index < -0.39 is 0 Å². The van der Waals surface area contributed by atoms with Gasteiger partial charge in [-0.15, -0.1) is 0 Å². The van der Waals surface area contributed by atoms with Crippen LogP contribution in [0.25, 0.3) is 22.9 Å². The third-order valence-corrected chi connectivity index (χ3v) is 6.15. The van der Waals surface area contributed by atoms with Gasteiger partial charge >= 0.3 is 0 Å². The molecule has 4 heteroatoms. The molecular weight excluding hydrogens is 368 g/mol. The van der Waals surface area contributed by atoms with Gasteiger partial charge < -0.3 is 9.80 Å². The largest absolute Gasteiger partial charge is 0.338 e. The molecule has 0 radical (unpaired) electrons. The SMILES string of the molecule is CN1CCN(c2nc3c(c(-c4ccccc4)n2)CCC/C3=C\c2ccccc2)CC1. The lowest BCUT2D eigenvalue weighted by Crippen LogP contribution is -2.45. The van der Waals surface area contributed by atoms with Crippen molar-refractivity contribution in [2.24, 2.45) is 0 Å². The summed E-state index contributed by atoms with van der Waals surface area (Å²) in [5.74, 6) is 0.876. The minimum Gasteiger partial charge on any atom is -0.338 e. The summed E-state index contributed by atoms with van der Waals surface area (Å²) in [4.78, 5) is 15.0. The summed E-state index contributed by atoms with van der Waals surface area (Å²) in [6, 6.07) is 21.2. The number of anilines is 1. The Labute approximate surface area is 178 Å². The molecule has 0 bridgehead atoms. The smallest absolute Gasteiger partial charge is 0.226 e. The molecule has 0 N–H and O–H groups in total. The number of hydrogen-bond donors (Lipinski definition) is 0. The molecule has 0 unspecified atom stereocenters. The number of fused-ring (bicyclic) bond motifs is 1. The van der Waals surface area contributed by atoms with Crippen LogP contribution >= 0.6 is 0 Å². The first-order valence-corrected chi connectivity index (χ1v) is 10.9. The van der Waals surface area contributed by atoms with Crippen LogP contribution in [0.4, 0.5) is 5.95 Å². The summed E-state index contributed by atoms with van der Waals surface area (Å²) in [6.45, 7) is 4.05.